The average molecular weight is 700 g/mol. The highest BCUT2D eigenvalue weighted by atomic mass is 32.1. The van der Waals surface area contributed by atoms with Gasteiger partial charge in [0.2, 0.25) is 0 Å². The topological polar surface area (TPSA) is 109 Å². The molecule has 0 spiro atoms. The number of rotatable bonds is 14. The molecule has 0 saturated heterocycles. The summed E-state index contributed by atoms with van der Waals surface area (Å²) in [5.74, 6) is 3.51. The van der Waals surface area contributed by atoms with E-state index in [1.54, 1.807) is 76.2 Å². The minimum Gasteiger partial charge on any atom is -0.493 e. The number of nitrogens with zero attached hydrogens (tertiary/aromatic N) is 1. The minimum absolute atomic E-state index is 0.540. The third-order valence-electron chi connectivity index (χ3n) is 8.55. The van der Waals surface area contributed by atoms with Crippen LogP contribution in [0.3, 0.4) is 0 Å². The summed E-state index contributed by atoms with van der Waals surface area (Å²) < 4.78 is 34.0. The first-order valence-electron chi connectivity index (χ1n) is 16.2. The quantitative estimate of drug-likeness (QED) is 0.118. The molecular formula is C40H45NO8S. The molecule has 5 aromatic rings. The number of hydrogen-bond acceptors (Lipinski definition) is 10. The maximum absolute atomic E-state index is 11.2. The number of ether oxygens (including phenoxy) is 6. The summed E-state index contributed by atoms with van der Waals surface area (Å²) in [6.45, 7) is 9.43. The molecule has 2 atom stereocenters. The maximum atomic E-state index is 11.2. The molecule has 4 aromatic carbocycles. The van der Waals surface area contributed by atoms with E-state index in [4.69, 9.17) is 33.4 Å². The monoisotopic (exact) mass is 699 g/mol. The number of aryl methyl sites for hydroxylation is 1. The first-order chi connectivity index (χ1) is 23.8. The van der Waals surface area contributed by atoms with Gasteiger partial charge >= 0.3 is 0 Å². The lowest BCUT2D eigenvalue weighted by Crippen LogP contribution is -2.36. The summed E-state index contributed by atoms with van der Waals surface area (Å²) in [6, 6.07) is 26.1. The molecule has 0 aliphatic carbocycles. The number of benzene rings is 4. The molecule has 9 nitrogen and oxygen atoms in total. The fourth-order valence-corrected chi connectivity index (χ4v) is 6.64. The zero-order chi connectivity index (χ0) is 36.2. The Morgan fingerprint density at radius 3 is 1.36 bits per heavy atom. The zero-order valence-corrected chi connectivity index (χ0v) is 30.8. The van der Waals surface area contributed by atoms with Crippen LogP contribution in [0.15, 0.2) is 84.9 Å². The zero-order valence-electron chi connectivity index (χ0n) is 29.9. The van der Waals surface area contributed by atoms with Crippen molar-refractivity contribution in [3.8, 4) is 56.3 Å². The van der Waals surface area contributed by atoms with Crippen LogP contribution in [0.4, 0.5) is 0 Å². The summed E-state index contributed by atoms with van der Waals surface area (Å²) in [6.07, 6.45) is -1.84. The van der Waals surface area contributed by atoms with Crippen molar-refractivity contribution in [3.05, 3.63) is 101 Å². The SMILES string of the molecule is COc1ccc(C(O)C(C)(C)Oc2ccc(-c3nc(-c4ccc(OC(C)(C)C(O)c5ccc(OC)c(OC)c5)cc4)c(C)s3)cc2)cc1OC. The van der Waals surface area contributed by atoms with Crippen molar-refractivity contribution in [2.45, 2.75) is 58.0 Å². The van der Waals surface area contributed by atoms with Crippen molar-refractivity contribution in [2.75, 3.05) is 28.4 Å². The van der Waals surface area contributed by atoms with Crippen molar-refractivity contribution in [3.63, 3.8) is 0 Å². The largest absolute Gasteiger partial charge is 0.493 e. The minimum atomic E-state index is -0.933. The maximum Gasteiger partial charge on any atom is 0.161 e. The molecular weight excluding hydrogens is 655 g/mol. The van der Waals surface area contributed by atoms with E-state index in [1.807, 2.05) is 76.2 Å². The van der Waals surface area contributed by atoms with Crippen LogP contribution in [-0.2, 0) is 0 Å². The highest BCUT2D eigenvalue weighted by Crippen LogP contribution is 2.39. The Kier molecular flexibility index (Phi) is 11.0. The highest BCUT2D eigenvalue weighted by Gasteiger charge is 2.33. The van der Waals surface area contributed by atoms with E-state index in [0.29, 0.717) is 45.6 Å². The second-order valence-corrected chi connectivity index (χ2v) is 14.1. The molecule has 0 aliphatic rings. The molecule has 10 heteroatoms. The van der Waals surface area contributed by atoms with Gasteiger partial charge < -0.3 is 38.6 Å². The predicted octanol–water partition coefficient (Wildman–Crippen LogP) is 8.60. The van der Waals surface area contributed by atoms with Gasteiger partial charge in [-0.05, 0) is 119 Å². The van der Waals surface area contributed by atoms with E-state index in [1.165, 1.54) is 0 Å². The third kappa shape index (κ3) is 7.83. The fourth-order valence-electron chi connectivity index (χ4n) is 5.70. The third-order valence-corrected chi connectivity index (χ3v) is 9.57. The summed E-state index contributed by atoms with van der Waals surface area (Å²) in [7, 11) is 6.28. The van der Waals surface area contributed by atoms with Gasteiger partial charge in [-0.2, -0.15) is 0 Å². The van der Waals surface area contributed by atoms with Crippen LogP contribution in [-0.4, -0.2) is 54.8 Å². The van der Waals surface area contributed by atoms with Gasteiger partial charge in [0.1, 0.15) is 39.9 Å². The van der Waals surface area contributed by atoms with Crippen LogP contribution < -0.4 is 28.4 Å². The molecule has 0 bridgehead atoms. The fraction of sp³-hybridized carbons (Fsp3) is 0.325. The van der Waals surface area contributed by atoms with E-state index in [0.717, 1.165) is 26.7 Å². The molecule has 1 heterocycles. The van der Waals surface area contributed by atoms with Gasteiger partial charge in [0, 0.05) is 16.0 Å². The Labute approximate surface area is 298 Å². The van der Waals surface area contributed by atoms with Crippen molar-refractivity contribution < 1.29 is 38.6 Å². The molecule has 50 heavy (non-hydrogen) atoms. The smallest absolute Gasteiger partial charge is 0.161 e. The molecule has 2 N–H and O–H groups in total. The molecule has 0 aliphatic heterocycles. The van der Waals surface area contributed by atoms with Crippen molar-refractivity contribution in [1.29, 1.82) is 0 Å². The highest BCUT2D eigenvalue weighted by molar-refractivity contribution is 7.15. The number of aliphatic hydroxyl groups excluding tert-OH is 2. The number of hydrogen-bond donors (Lipinski definition) is 2. The van der Waals surface area contributed by atoms with E-state index >= 15 is 0 Å². The molecule has 2 unspecified atom stereocenters. The molecule has 0 amide bonds. The molecule has 0 radical (unpaired) electrons. The van der Waals surface area contributed by atoms with Crippen molar-refractivity contribution >= 4 is 11.3 Å². The summed E-state index contributed by atoms with van der Waals surface area (Å²) in [5.41, 5.74) is 2.26. The van der Waals surface area contributed by atoms with Gasteiger partial charge in [-0.3, -0.25) is 0 Å². The Hall–Kier alpha value is -4.77. The van der Waals surface area contributed by atoms with E-state index < -0.39 is 23.4 Å². The second-order valence-electron chi connectivity index (χ2n) is 12.9. The Bertz CT molecular complexity index is 1900. The molecule has 264 valence electrons. The first kappa shape index (κ1) is 36.5. The van der Waals surface area contributed by atoms with Crippen LogP contribution in [0.25, 0.3) is 21.8 Å². The van der Waals surface area contributed by atoms with E-state index in [9.17, 15) is 10.2 Å². The lowest BCUT2D eigenvalue weighted by molar-refractivity contribution is -0.0302. The lowest BCUT2D eigenvalue weighted by atomic mass is 9.94. The Balaban J connectivity index is 1.26. The summed E-state index contributed by atoms with van der Waals surface area (Å²) >= 11 is 1.61. The summed E-state index contributed by atoms with van der Waals surface area (Å²) in [5, 5.41) is 23.3. The molecule has 0 fully saturated rings. The van der Waals surface area contributed by atoms with Gasteiger partial charge in [0.15, 0.2) is 23.0 Å². The van der Waals surface area contributed by atoms with Gasteiger partial charge in [0.05, 0.1) is 34.1 Å². The standard InChI is InChI=1S/C40H45NO8S/c1-24-35(25-10-16-29(17-11-25)48-39(2,3)36(42)27-14-20-31(44-6)33(22-27)46-8)41-38(50-24)26-12-18-30(19-13-26)49-40(4,5)37(43)28-15-21-32(45-7)34(23-28)47-9/h10-23,36-37,42-43H,1-9H3. The van der Waals surface area contributed by atoms with Gasteiger partial charge in [-0.1, -0.05) is 12.1 Å². The molecule has 5 rings (SSSR count). The number of methoxy groups -OCH3 is 4. The van der Waals surface area contributed by atoms with Crippen molar-refractivity contribution in [2.24, 2.45) is 0 Å². The van der Waals surface area contributed by atoms with E-state index in [-0.39, 0.29) is 0 Å². The Morgan fingerprint density at radius 2 is 0.960 bits per heavy atom. The number of thiazole rings is 1. The van der Waals surface area contributed by atoms with Crippen LogP contribution in [0.5, 0.6) is 34.5 Å². The summed E-state index contributed by atoms with van der Waals surface area (Å²) in [4.78, 5) is 6.05. The number of aliphatic hydroxyl groups is 2. The molecule has 1 aromatic heterocycles. The first-order valence-corrected chi connectivity index (χ1v) is 17.0. The average Bonchev–Trinajstić information content (AvgIpc) is 3.51. The van der Waals surface area contributed by atoms with Crippen LogP contribution in [0.1, 0.15) is 55.9 Å². The predicted molar refractivity (Wildman–Crippen MR) is 196 cm³/mol. The van der Waals surface area contributed by atoms with Gasteiger partial charge in [-0.15, -0.1) is 11.3 Å². The molecule has 0 saturated carbocycles. The second kappa shape index (κ2) is 15.0. The lowest BCUT2D eigenvalue weighted by Gasteiger charge is -2.32. The van der Waals surface area contributed by atoms with Crippen LogP contribution >= 0.6 is 11.3 Å². The Morgan fingerprint density at radius 1 is 0.560 bits per heavy atom. The normalized spacial score (nSPS) is 12.9. The van der Waals surface area contributed by atoms with Crippen molar-refractivity contribution in [1.82, 2.24) is 4.98 Å². The number of aromatic nitrogens is 1. The van der Waals surface area contributed by atoms with Crippen LogP contribution in [0.2, 0.25) is 0 Å². The van der Waals surface area contributed by atoms with Gasteiger partial charge in [-0.25, -0.2) is 4.98 Å². The van der Waals surface area contributed by atoms with Gasteiger partial charge in [0.25, 0.3) is 0 Å². The van der Waals surface area contributed by atoms with E-state index in [2.05, 4.69) is 6.92 Å². The van der Waals surface area contributed by atoms with Crippen LogP contribution in [0, 0.1) is 6.92 Å².